The molecule has 2 aromatic rings. The van der Waals surface area contributed by atoms with Crippen molar-refractivity contribution in [3.05, 3.63) is 41.3 Å². The van der Waals surface area contributed by atoms with E-state index in [1.54, 1.807) is 6.20 Å². The average Bonchev–Trinajstić information content (AvgIpc) is 2.55. The molecule has 0 amide bonds. The number of nitrogens with two attached hydrogens (primary N) is 1. The number of rotatable bonds is 2. The first-order valence-electron chi connectivity index (χ1n) is 5.34. The second-order valence-corrected chi connectivity index (χ2v) is 3.97. The summed E-state index contributed by atoms with van der Waals surface area (Å²) >= 11 is 0. The summed E-state index contributed by atoms with van der Waals surface area (Å²) in [6.07, 6.45) is 1.76. The summed E-state index contributed by atoms with van der Waals surface area (Å²) in [7, 11) is 0. The first-order chi connectivity index (χ1) is 7.61. The number of hydrogen-bond donors (Lipinski definition) is 1. The van der Waals surface area contributed by atoms with E-state index in [0.29, 0.717) is 0 Å². The highest BCUT2D eigenvalue weighted by molar-refractivity contribution is 5.33. The number of pyridine rings is 1. The van der Waals surface area contributed by atoms with Crippen LogP contribution in [0.15, 0.2) is 24.4 Å². The Balaban J connectivity index is 2.56. The summed E-state index contributed by atoms with van der Waals surface area (Å²) in [4.78, 5) is 4.28. The van der Waals surface area contributed by atoms with Crippen LogP contribution in [0.4, 0.5) is 0 Å². The van der Waals surface area contributed by atoms with Crippen LogP contribution in [0.5, 0.6) is 0 Å². The lowest BCUT2D eigenvalue weighted by atomic mass is 10.1. The minimum absolute atomic E-state index is 0.00235. The number of nitrogens with zero attached hydrogens (tertiary/aromatic N) is 3. The zero-order valence-corrected chi connectivity index (χ0v) is 9.81. The van der Waals surface area contributed by atoms with E-state index in [1.807, 2.05) is 43.7 Å². The number of aryl methyl sites for hydroxylation is 1. The molecule has 0 saturated heterocycles. The van der Waals surface area contributed by atoms with E-state index in [1.165, 1.54) is 0 Å². The molecule has 1 unspecified atom stereocenters. The fraction of sp³-hybridized carbons (Fsp3) is 0.333. The Labute approximate surface area is 95.1 Å². The van der Waals surface area contributed by atoms with Gasteiger partial charge in [-0.05, 0) is 32.9 Å². The Bertz CT molecular complexity index is 485. The molecule has 2 heterocycles. The number of aromatic nitrogens is 3. The molecule has 2 aromatic heterocycles. The maximum absolute atomic E-state index is 5.93. The second kappa shape index (κ2) is 4.06. The van der Waals surface area contributed by atoms with Gasteiger partial charge in [-0.1, -0.05) is 6.07 Å². The molecule has 0 aliphatic carbocycles. The summed E-state index contributed by atoms with van der Waals surface area (Å²) in [5, 5.41) is 4.48. The van der Waals surface area contributed by atoms with E-state index in [2.05, 4.69) is 10.1 Å². The Morgan fingerprint density at radius 1 is 1.31 bits per heavy atom. The van der Waals surface area contributed by atoms with Crippen molar-refractivity contribution in [2.24, 2.45) is 5.73 Å². The molecular formula is C12H16N4. The van der Waals surface area contributed by atoms with Gasteiger partial charge in [0.15, 0.2) is 5.82 Å². The zero-order valence-electron chi connectivity index (χ0n) is 9.81. The van der Waals surface area contributed by atoms with Crippen molar-refractivity contribution in [3.8, 4) is 5.82 Å². The molecule has 4 heteroatoms. The van der Waals surface area contributed by atoms with Gasteiger partial charge >= 0.3 is 0 Å². The maximum Gasteiger partial charge on any atom is 0.153 e. The third-order valence-corrected chi connectivity index (χ3v) is 2.67. The largest absolute Gasteiger partial charge is 0.324 e. The highest BCUT2D eigenvalue weighted by Gasteiger charge is 2.15. The van der Waals surface area contributed by atoms with Crippen LogP contribution in [0.1, 0.15) is 29.9 Å². The fourth-order valence-corrected chi connectivity index (χ4v) is 2.02. The summed E-state index contributed by atoms with van der Waals surface area (Å²) in [5.41, 5.74) is 9.07. The Morgan fingerprint density at radius 2 is 2.06 bits per heavy atom. The molecular weight excluding hydrogens is 200 g/mol. The van der Waals surface area contributed by atoms with Crippen LogP contribution in [0.2, 0.25) is 0 Å². The predicted octanol–water partition coefficient (Wildman–Crippen LogP) is 1.90. The summed E-state index contributed by atoms with van der Waals surface area (Å²) in [5.74, 6) is 0.829. The van der Waals surface area contributed by atoms with Crippen LogP contribution in [0.25, 0.3) is 5.82 Å². The summed E-state index contributed by atoms with van der Waals surface area (Å²) in [6, 6.07) is 5.77. The molecule has 0 aliphatic rings. The Morgan fingerprint density at radius 3 is 2.56 bits per heavy atom. The second-order valence-electron chi connectivity index (χ2n) is 3.97. The van der Waals surface area contributed by atoms with Crippen LogP contribution in [-0.4, -0.2) is 14.8 Å². The first-order valence-corrected chi connectivity index (χ1v) is 5.34. The predicted molar refractivity (Wildman–Crippen MR) is 63.4 cm³/mol. The van der Waals surface area contributed by atoms with Crippen molar-refractivity contribution >= 4 is 0 Å². The summed E-state index contributed by atoms with van der Waals surface area (Å²) in [6.45, 7) is 5.97. The Hall–Kier alpha value is -1.68. The molecule has 0 bridgehead atoms. The lowest BCUT2D eigenvalue weighted by Crippen LogP contribution is -2.08. The van der Waals surface area contributed by atoms with Crippen molar-refractivity contribution in [3.63, 3.8) is 0 Å². The molecule has 0 saturated carbocycles. The Kier molecular flexibility index (Phi) is 2.75. The smallest absolute Gasteiger partial charge is 0.153 e. The zero-order chi connectivity index (χ0) is 11.7. The quantitative estimate of drug-likeness (QED) is 0.834. The third kappa shape index (κ3) is 1.72. The van der Waals surface area contributed by atoms with Crippen LogP contribution >= 0.6 is 0 Å². The van der Waals surface area contributed by atoms with Crippen molar-refractivity contribution in [2.75, 3.05) is 0 Å². The number of hydrogen-bond acceptors (Lipinski definition) is 3. The van der Waals surface area contributed by atoms with Crippen molar-refractivity contribution in [2.45, 2.75) is 26.8 Å². The molecule has 0 spiro atoms. The minimum Gasteiger partial charge on any atom is -0.324 e. The highest BCUT2D eigenvalue weighted by atomic mass is 15.3. The van der Waals surface area contributed by atoms with E-state index in [4.69, 9.17) is 5.73 Å². The van der Waals surface area contributed by atoms with E-state index >= 15 is 0 Å². The van der Waals surface area contributed by atoms with Gasteiger partial charge in [-0.15, -0.1) is 0 Å². The molecule has 84 valence electrons. The van der Waals surface area contributed by atoms with Crippen molar-refractivity contribution < 1.29 is 0 Å². The molecule has 0 aliphatic heterocycles. The van der Waals surface area contributed by atoms with E-state index in [0.717, 1.165) is 22.8 Å². The molecule has 16 heavy (non-hydrogen) atoms. The average molecular weight is 216 g/mol. The van der Waals surface area contributed by atoms with Crippen LogP contribution in [-0.2, 0) is 0 Å². The van der Waals surface area contributed by atoms with Gasteiger partial charge in [0.05, 0.1) is 5.69 Å². The lowest BCUT2D eigenvalue weighted by Gasteiger charge is -2.06. The van der Waals surface area contributed by atoms with Crippen LogP contribution < -0.4 is 5.73 Å². The van der Waals surface area contributed by atoms with E-state index < -0.39 is 0 Å². The summed E-state index contributed by atoms with van der Waals surface area (Å²) < 4.78 is 1.84. The van der Waals surface area contributed by atoms with E-state index in [9.17, 15) is 0 Å². The van der Waals surface area contributed by atoms with E-state index in [-0.39, 0.29) is 6.04 Å². The van der Waals surface area contributed by atoms with Gasteiger partial charge < -0.3 is 5.73 Å². The molecule has 2 rings (SSSR count). The van der Waals surface area contributed by atoms with Gasteiger partial charge in [0.1, 0.15) is 0 Å². The van der Waals surface area contributed by atoms with Crippen LogP contribution in [0.3, 0.4) is 0 Å². The molecule has 1 atom stereocenters. The molecule has 0 fully saturated rings. The monoisotopic (exact) mass is 216 g/mol. The maximum atomic E-state index is 5.93. The minimum atomic E-state index is -0.00235. The third-order valence-electron chi connectivity index (χ3n) is 2.67. The van der Waals surface area contributed by atoms with Gasteiger partial charge in [-0.2, -0.15) is 5.10 Å². The lowest BCUT2D eigenvalue weighted by molar-refractivity contribution is 0.787. The SMILES string of the molecule is Cc1nn(-c2ccccn2)c(C)c1C(C)N. The van der Waals surface area contributed by atoms with Gasteiger partial charge in [0, 0.05) is 23.5 Å². The van der Waals surface area contributed by atoms with Crippen molar-refractivity contribution in [1.82, 2.24) is 14.8 Å². The van der Waals surface area contributed by atoms with Gasteiger partial charge in [-0.25, -0.2) is 9.67 Å². The highest BCUT2D eigenvalue weighted by Crippen LogP contribution is 2.21. The first kappa shape index (κ1) is 10.8. The van der Waals surface area contributed by atoms with Crippen molar-refractivity contribution in [1.29, 1.82) is 0 Å². The molecule has 0 aromatic carbocycles. The normalized spacial score (nSPS) is 12.8. The topological polar surface area (TPSA) is 56.7 Å². The molecule has 2 N–H and O–H groups in total. The molecule has 0 radical (unpaired) electrons. The van der Waals surface area contributed by atoms with Gasteiger partial charge in [-0.3, -0.25) is 0 Å². The fourth-order valence-electron chi connectivity index (χ4n) is 2.02. The van der Waals surface area contributed by atoms with Crippen LogP contribution in [0, 0.1) is 13.8 Å². The molecule has 4 nitrogen and oxygen atoms in total. The van der Waals surface area contributed by atoms with Gasteiger partial charge in [0.2, 0.25) is 0 Å². The standard InChI is InChI=1S/C12H16N4/c1-8(13)12-9(2)15-16(10(12)3)11-6-4-5-7-14-11/h4-8H,13H2,1-3H3. The van der Waals surface area contributed by atoms with Gasteiger partial charge in [0.25, 0.3) is 0 Å².